The molecule has 0 atom stereocenters. The molecule has 2 aliphatic heterocycles. The van der Waals surface area contributed by atoms with E-state index in [1.165, 1.54) is 5.56 Å². The van der Waals surface area contributed by atoms with E-state index in [0.29, 0.717) is 18.8 Å². The van der Waals surface area contributed by atoms with Crippen LogP contribution in [0.25, 0.3) is 0 Å². The zero-order valence-corrected chi connectivity index (χ0v) is 21.1. The maximum atomic E-state index is 12.7. The van der Waals surface area contributed by atoms with E-state index in [4.69, 9.17) is 4.98 Å². The number of nitrogens with zero attached hydrogens (tertiary/aromatic N) is 8. The molecule has 1 amide bonds. The van der Waals surface area contributed by atoms with Crippen molar-refractivity contribution in [1.82, 2.24) is 35.3 Å². The molecule has 1 N–H and O–H groups in total. The van der Waals surface area contributed by atoms with Crippen LogP contribution >= 0.6 is 0 Å². The van der Waals surface area contributed by atoms with E-state index >= 15 is 0 Å². The molecule has 4 aromatic rings. The number of anilines is 3. The number of aromatic nitrogens is 6. The molecule has 188 valence electrons. The Bertz CT molecular complexity index is 1460. The average molecular weight is 496 g/mol. The summed E-state index contributed by atoms with van der Waals surface area (Å²) in [5.41, 5.74) is 6.70. The van der Waals surface area contributed by atoms with Crippen molar-refractivity contribution in [3.8, 4) is 0 Å². The molecule has 0 saturated heterocycles. The molecule has 4 aromatic heterocycles. The Kier molecular flexibility index (Phi) is 5.99. The van der Waals surface area contributed by atoms with Gasteiger partial charge in [0.2, 0.25) is 0 Å². The van der Waals surface area contributed by atoms with Crippen LogP contribution in [0.5, 0.6) is 0 Å². The summed E-state index contributed by atoms with van der Waals surface area (Å²) in [6.07, 6.45) is 9.23. The van der Waals surface area contributed by atoms with Crippen LogP contribution in [0.15, 0.2) is 49.1 Å². The first-order valence-corrected chi connectivity index (χ1v) is 12.6. The number of nitrogens with one attached hydrogen (secondary N) is 1. The van der Waals surface area contributed by atoms with Gasteiger partial charge in [-0.2, -0.15) is 5.10 Å². The lowest BCUT2D eigenvalue weighted by molar-refractivity contribution is 0.0944. The van der Waals surface area contributed by atoms with Gasteiger partial charge in [-0.25, -0.2) is 4.68 Å². The van der Waals surface area contributed by atoms with Gasteiger partial charge in [0.05, 0.1) is 18.1 Å². The second-order valence-electron chi connectivity index (χ2n) is 9.61. The van der Waals surface area contributed by atoms with Crippen molar-refractivity contribution in [2.45, 2.75) is 46.3 Å². The Morgan fingerprint density at radius 3 is 2.81 bits per heavy atom. The molecule has 10 nitrogen and oxygen atoms in total. The quantitative estimate of drug-likeness (QED) is 0.450. The Morgan fingerprint density at radius 1 is 1.03 bits per heavy atom. The SMILES string of the molecule is Cc1cnccc1CNC(=O)c1cc(C)c(N2CCc3ncc(N4CCCn5nccc54)cc3C2)nn1. The summed E-state index contributed by atoms with van der Waals surface area (Å²) >= 11 is 0. The lowest BCUT2D eigenvalue weighted by atomic mass is 10.0. The highest BCUT2D eigenvalue weighted by Crippen LogP contribution is 2.32. The minimum atomic E-state index is -0.239. The number of carbonyl (C=O) groups excluding carboxylic acids is 1. The number of aryl methyl sites for hydroxylation is 3. The van der Waals surface area contributed by atoms with Crippen LogP contribution in [0.4, 0.5) is 17.3 Å². The van der Waals surface area contributed by atoms with Crippen molar-refractivity contribution < 1.29 is 4.79 Å². The lowest BCUT2D eigenvalue weighted by Gasteiger charge is -2.33. The molecule has 0 radical (unpaired) electrons. The molecule has 0 bridgehead atoms. The fourth-order valence-corrected chi connectivity index (χ4v) is 5.09. The standard InChI is InChI=1S/C27H29N9O/c1-18-12-24(27(37)30-15-20-4-7-28-14-19(20)2)32-33-26(18)34-11-6-23-21(17-34)13-22(16-29-23)35-9-3-10-36-25(35)5-8-31-36/h4-5,7-8,12-14,16H,3,6,9-11,15,17H2,1-2H3,(H,30,37). The molecule has 0 fully saturated rings. The van der Waals surface area contributed by atoms with Crippen molar-refractivity contribution >= 4 is 23.2 Å². The molecule has 10 heteroatoms. The van der Waals surface area contributed by atoms with Crippen LogP contribution in [0.2, 0.25) is 0 Å². The topological polar surface area (TPSA) is 105 Å². The number of carbonyl (C=O) groups is 1. The molecule has 37 heavy (non-hydrogen) atoms. The van der Waals surface area contributed by atoms with Crippen LogP contribution < -0.4 is 15.1 Å². The van der Waals surface area contributed by atoms with E-state index in [0.717, 1.165) is 72.2 Å². The van der Waals surface area contributed by atoms with Crippen LogP contribution in [0.3, 0.4) is 0 Å². The van der Waals surface area contributed by atoms with Crippen molar-refractivity contribution in [2.24, 2.45) is 0 Å². The van der Waals surface area contributed by atoms with Crippen molar-refractivity contribution in [3.05, 3.63) is 82.7 Å². The summed E-state index contributed by atoms with van der Waals surface area (Å²) in [6.45, 7) is 7.78. The zero-order chi connectivity index (χ0) is 25.4. The normalized spacial score (nSPS) is 14.8. The highest BCUT2D eigenvalue weighted by Gasteiger charge is 2.24. The first kappa shape index (κ1) is 23.1. The summed E-state index contributed by atoms with van der Waals surface area (Å²) in [5.74, 6) is 1.67. The molecule has 6 rings (SSSR count). The zero-order valence-electron chi connectivity index (χ0n) is 21.1. The third-order valence-electron chi connectivity index (χ3n) is 7.13. The number of pyridine rings is 2. The molecular formula is C27H29N9O. The van der Waals surface area contributed by atoms with Crippen LogP contribution in [-0.4, -0.2) is 48.9 Å². The number of hydrogen-bond acceptors (Lipinski definition) is 8. The summed E-state index contributed by atoms with van der Waals surface area (Å²) in [7, 11) is 0. The van der Waals surface area contributed by atoms with Gasteiger partial charge in [0.25, 0.3) is 5.91 Å². The van der Waals surface area contributed by atoms with Gasteiger partial charge in [0.1, 0.15) is 5.82 Å². The van der Waals surface area contributed by atoms with E-state index in [1.54, 1.807) is 12.4 Å². The van der Waals surface area contributed by atoms with Gasteiger partial charge >= 0.3 is 0 Å². The lowest BCUT2D eigenvalue weighted by Crippen LogP contribution is -2.33. The van der Waals surface area contributed by atoms with Gasteiger partial charge in [-0.1, -0.05) is 0 Å². The Balaban J connectivity index is 1.17. The average Bonchev–Trinajstić information content (AvgIpc) is 3.41. The fraction of sp³-hybridized carbons (Fsp3) is 0.333. The van der Waals surface area contributed by atoms with Gasteiger partial charge in [0, 0.05) is 63.3 Å². The summed E-state index contributed by atoms with van der Waals surface area (Å²) < 4.78 is 2.05. The van der Waals surface area contributed by atoms with E-state index < -0.39 is 0 Å². The second kappa shape index (κ2) is 9.61. The summed E-state index contributed by atoms with van der Waals surface area (Å²) in [5, 5.41) is 16.1. The van der Waals surface area contributed by atoms with Crippen LogP contribution in [-0.2, 0) is 26.1 Å². The largest absolute Gasteiger partial charge is 0.350 e. The van der Waals surface area contributed by atoms with Crippen molar-refractivity contribution in [2.75, 3.05) is 22.9 Å². The number of rotatable bonds is 5. The van der Waals surface area contributed by atoms with Gasteiger partial charge < -0.3 is 15.1 Å². The number of hydrogen-bond donors (Lipinski definition) is 1. The second-order valence-corrected chi connectivity index (χ2v) is 9.61. The minimum absolute atomic E-state index is 0.239. The third-order valence-corrected chi connectivity index (χ3v) is 7.13. The molecule has 2 aliphatic rings. The smallest absolute Gasteiger partial charge is 0.272 e. The highest BCUT2D eigenvalue weighted by atomic mass is 16.1. The van der Waals surface area contributed by atoms with Crippen LogP contribution in [0.1, 0.15) is 44.9 Å². The third kappa shape index (κ3) is 4.50. The number of amides is 1. The Hall–Kier alpha value is -4.34. The van der Waals surface area contributed by atoms with Crippen molar-refractivity contribution in [3.63, 3.8) is 0 Å². The van der Waals surface area contributed by atoms with E-state index in [1.807, 2.05) is 43.1 Å². The van der Waals surface area contributed by atoms with E-state index in [-0.39, 0.29) is 5.91 Å². The predicted octanol–water partition coefficient (Wildman–Crippen LogP) is 3.11. The minimum Gasteiger partial charge on any atom is -0.350 e. The molecule has 0 spiro atoms. The highest BCUT2D eigenvalue weighted by molar-refractivity contribution is 5.92. The molecule has 6 heterocycles. The summed E-state index contributed by atoms with van der Waals surface area (Å²) in [6, 6.07) is 8.02. The Morgan fingerprint density at radius 2 is 1.95 bits per heavy atom. The van der Waals surface area contributed by atoms with Crippen LogP contribution in [0, 0.1) is 13.8 Å². The molecule has 0 saturated carbocycles. The van der Waals surface area contributed by atoms with Gasteiger partial charge in [-0.05, 0) is 60.7 Å². The van der Waals surface area contributed by atoms with Gasteiger partial charge in [-0.15, -0.1) is 10.2 Å². The molecular weight excluding hydrogens is 466 g/mol. The first-order valence-electron chi connectivity index (χ1n) is 12.6. The predicted molar refractivity (Wildman–Crippen MR) is 140 cm³/mol. The number of fused-ring (bicyclic) bond motifs is 2. The van der Waals surface area contributed by atoms with E-state index in [2.05, 4.69) is 47.5 Å². The van der Waals surface area contributed by atoms with E-state index in [9.17, 15) is 4.79 Å². The molecule has 0 aromatic carbocycles. The molecule has 0 aliphatic carbocycles. The summed E-state index contributed by atoms with van der Waals surface area (Å²) in [4.78, 5) is 26.1. The monoisotopic (exact) mass is 495 g/mol. The van der Waals surface area contributed by atoms with Crippen molar-refractivity contribution in [1.29, 1.82) is 0 Å². The first-order chi connectivity index (χ1) is 18.1. The maximum Gasteiger partial charge on any atom is 0.272 e. The maximum absolute atomic E-state index is 12.7. The van der Waals surface area contributed by atoms with Gasteiger partial charge in [-0.3, -0.25) is 14.8 Å². The molecule has 0 unspecified atom stereocenters. The fourth-order valence-electron chi connectivity index (χ4n) is 5.09. The van der Waals surface area contributed by atoms with Gasteiger partial charge in [0.15, 0.2) is 11.5 Å². The Labute approximate surface area is 215 Å².